The molecule has 2 nitrogen and oxygen atoms in total. The van der Waals surface area contributed by atoms with E-state index < -0.39 is 0 Å². The number of rotatable bonds is 4. The van der Waals surface area contributed by atoms with Gasteiger partial charge in [-0.25, -0.2) is 0 Å². The predicted octanol–water partition coefficient (Wildman–Crippen LogP) is 2.20. The van der Waals surface area contributed by atoms with Gasteiger partial charge in [0.05, 0.1) is 0 Å². The van der Waals surface area contributed by atoms with Gasteiger partial charge in [0.2, 0.25) is 0 Å². The molecule has 0 N–H and O–H groups in total. The maximum absolute atomic E-state index is 2.81. The largest absolute Gasteiger partial charge is 0.300 e. The highest BCUT2D eigenvalue weighted by Gasteiger charge is 2.42. The topological polar surface area (TPSA) is 6.48 Å². The van der Waals surface area contributed by atoms with Gasteiger partial charge in [0.15, 0.2) is 0 Å². The highest BCUT2D eigenvalue weighted by Crippen LogP contribution is 2.49. The maximum Gasteiger partial charge on any atom is 0.0224 e. The van der Waals surface area contributed by atoms with Gasteiger partial charge in [0.25, 0.3) is 0 Å². The third-order valence-electron chi connectivity index (χ3n) is 5.60. The normalized spacial score (nSPS) is 35.5. The first-order valence-electron chi connectivity index (χ1n) is 7.86. The van der Waals surface area contributed by atoms with Crippen LogP contribution in [0, 0.1) is 17.8 Å². The Morgan fingerprint density at radius 3 is 2.35 bits per heavy atom. The van der Waals surface area contributed by atoms with Gasteiger partial charge in [-0.05, 0) is 62.8 Å². The average Bonchev–Trinajstić information content (AvgIpc) is 3.24. The predicted molar refractivity (Wildman–Crippen MR) is 70.0 cm³/mol. The van der Waals surface area contributed by atoms with Gasteiger partial charge in [0.1, 0.15) is 0 Å². The van der Waals surface area contributed by atoms with Gasteiger partial charge in [0, 0.05) is 32.2 Å². The molecular formula is C15H26N2. The summed E-state index contributed by atoms with van der Waals surface area (Å²) in [6.07, 6.45) is 9.10. The van der Waals surface area contributed by atoms with Crippen molar-refractivity contribution in [3.8, 4) is 0 Å². The van der Waals surface area contributed by atoms with Crippen molar-refractivity contribution in [2.75, 3.05) is 32.7 Å². The summed E-state index contributed by atoms with van der Waals surface area (Å²) in [5.41, 5.74) is 0. The molecule has 0 bridgehead atoms. The van der Waals surface area contributed by atoms with Gasteiger partial charge >= 0.3 is 0 Å². The highest BCUT2D eigenvalue weighted by molar-refractivity contribution is 4.95. The first-order valence-corrected chi connectivity index (χ1v) is 7.86. The third-order valence-corrected chi connectivity index (χ3v) is 5.60. The van der Waals surface area contributed by atoms with E-state index in [2.05, 4.69) is 9.80 Å². The zero-order valence-electron chi connectivity index (χ0n) is 11.0. The van der Waals surface area contributed by atoms with Crippen LogP contribution in [0.5, 0.6) is 0 Å². The fourth-order valence-corrected chi connectivity index (χ4v) is 4.25. The monoisotopic (exact) mass is 234 g/mol. The number of piperazine rings is 1. The quantitative estimate of drug-likeness (QED) is 0.736. The molecule has 96 valence electrons. The van der Waals surface area contributed by atoms with Crippen molar-refractivity contribution >= 4 is 0 Å². The summed E-state index contributed by atoms with van der Waals surface area (Å²) in [5, 5.41) is 0. The van der Waals surface area contributed by atoms with E-state index in [0.29, 0.717) is 0 Å². The number of hydrogen-bond acceptors (Lipinski definition) is 2. The van der Waals surface area contributed by atoms with E-state index in [1.807, 2.05) is 0 Å². The Morgan fingerprint density at radius 2 is 1.65 bits per heavy atom. The molecule has 4 fully saturated rings. The fraction of sp³-hybridized carbons (Fsp3) is 1.00. The van der Waals surface area contributed by atoms with Crippen molar-refractivity contribution in [1.82, 2.24) is 9.80 Å². The van der Waals surface area contributed by atoms with Crippen LogP contribution >= 0.6 is 0 Å². The molecule has 0 radical (unpaired) electrons. The Labute approximate surface area is 105 Å². The molecule has 17 heavy (non-hydrogen) atoms. The lowest BCUT2D eigenvalue weighted by molar-refractivity contribution is 0.0847. The Hall–Kier alpha value is -0.0800. The van der Waals surface area contributed by atoms with Crippen molar-refractivity contribution in [3.63, 3.8) is 0 Å². The van der Waals surface area contributed by atoms with Crippen LogP contribution in [0.25, 0.3) is 0 Å². The molecule has 0 aromatic rings. The van der Waals surface area contributed by atoms with Gasteiger partial charge < -0.3 is 4.90 Å². The lowest BCUT2D eigenvalue weighted by atomic mass is 9.96. The van der Waals surface area contributed by atoms with E-state index in [4.69, 9.17) is 0 Å². The summed E-state index contributed by atoms with van der Waals surface area (Å²) >= 11 is 0. The van der Waals surface area contributed by atoms with E-state index in [1.54, 1.807) is 25.7 Å². The Balaban J connectivity index is 1.35. The molecule has 0 amide bonds. The zero-order chi connectivity index (χ0) is 11.2. The Morgan fingerprint density at radius 1 is 0.882 bits per heavy atom. The Bertz CT molecular complexity index is 271. The molecule has 4 aliphatic rings. The summed E-state index contributed by atoms with van der Waals surface area (Å²) in [6, 6.07) is 0.919. The van der Waals surface area contributed by atoms with Crippen LogP contribution in [-0.4, -0.2) is 48.6 Å². The minimum absolute atomic E-state index is 0.919. The standard InChI is InChI=1S/C15H26N2/c1-2-14-10-16(8-9-17(14)7-1)11-15(12-3-4-12)13-5-6-13/h12-15H,1-11H2. The van der Waals surface area contributed by atoms with Crippen molar-refractivity contribution in [1.29, 1.82) is 0 Å². The first kappa shape index (κ1) is 10.8. The van der Waals surface area contributed by atoms with Crippen molar-refractivity contribution in [3.05, 3.63) is 0 Å². The van der Waals surface area contributed by atoms with E-state index >= 15 is 0 Å². The average molecular weight is 234 g/mol. The molecular weight excluding hydrogens is 208 g/mol. The van der Waals surface area contributed by atoms with Crippen LogP contribution in [0.4, 0.5) is 0 Å². The van der Waals surface area contributed by atoms with Gasteiger partial charge in [-0.2, -0.15) is 0 Å². The smallest absolute Gasteiger partial charge is 0.0224 e. The van der Waals surface area contributed by atoms with E-state index in [9.17, 15) is 0 Å². The minimum Gasteiger partial charge on any atom is -0.300 e. The van der Waals surface area contributed by atoms with E-state index in [-0.39, 0.29) is 0 Å². The zero-order valence-corrected chi connectivity index (χ0v) is 11.0. The van der Waals surface area contributed by atoms with Crippen LogP contribution in [0.15, 0.2) is 0 Å². The lowest BCUT2D eigenvalue weighted by Crippen LogP contribution is -2.51. The highest BCUT2D eigenvalue weighted by atomic mass is 15.3. The fourth-order valence-electron chi connectivity index (χ4n) is 4.25. The SMILES string of the molecule is C1CC2CN(CC(C3CC3)C3CC3)CCN2C1. The van der Waals surface area contributed by atoms with Gasteiger partial charge in [-0.1, -0.05) is 0 Å². The molecule has 0 aromatic heterocycles. The van der Waals surface area contributed by atoms with E-state index in [0.717, 1.165) is 23.8 Å². The summed E-state index contributed by atoms with van der Waals surface area (Å²) in [6.45, 7) is 6.92. The van der Waals surface area contributed by atoms with Crippen molar-refractivity contribution in [2.45, 2.75) is 44.6 Å². The molecule has 2 heteroatoms. The molecule has 2 saturated carbocycles. The van der Waals surface area contributed by atoms with Crippen molar-refractivity contribution in [2.24, 2.45) is 17.8 Å². The molecule has 2 aliphatic heterocycles. The van der Waals surface area contributed by atoms with Gasteiger partial charge in [-0.15, -0.1) is 0 Å². The Kier molecular flexibility index (Phi) is 2.69. The molecule has 1 atom stereocenters. The minimum atomic E-state index is 0.919. The molecule has 2 heterocycles. The number of nitrogens with zero attached hydrogens (tertiary/aromatic N) is 2. The first-order chi connectivity index (χ1) is 8.40. The molecule has 0 spiro atoms. The summed E-state index contributed by atoms with van der Waals surface area (Å²) in [5.74, 6) is 3.34. The second-order valence-corrected chi connectivity index (χ2v) is 6.93. The van der Waals surface area contributed by atoms with Crippen LogP contribution < -0.4 is 0 Å². The molecule has 4 rings (SSSR count). The molecule has 1 unspecified atom stereocenters. The van der Waals surface area contributed by atoms with Crippen LogP contribution in [0.1, 0.15) is 38.5 Å². The van der Waals surface area contributed by atoms with Crippen LogP contribution in [0.3, 0.4) is 0 Å². The number of fused-ring (bicyclic) bond motifs is 1. The molecule has 2 aliphatic carbocycles. The summed E-state index contributed by atoms with van der Waals surface area (Å²) in [7, 11) is 0. The molecule has 0 aromatic carbocycles. The second-order valence-electron chi connectivity index (χ2n) is 6.93. The second kappa shape index (κ2) is 4.24. The van der Waals surface area contributed by atoms with Gasteiger partial charge in [-0.3, -0.25) is 4.90 Å². The molecule has 2 saturated heterocycles. The summed E-state index contributed by atoms with van der Waals surface area (Å²) in [4.78, 5) is 5.55. The lowest BCUT2D eigenvalue weighted by Gasteiger charge is -2.39. The van der Waals surface area contributed by atoms with Crippen LogP contribution in [-0.2, 0) is 0 Å². The number of hydrogen-bond donors (Lipinski definition) is 0. The summed E-state index contributed by atoms with van der Waals surface area (Å²) < 4.78 is 0. The van der Waals surface area contributed by atoms with Crippen LogP contribution in [0.2, 0.25) is 0 Å². The van der Waals surface area contributed by atoms with E-state index in [1.165, 1.54) is 45.6 Å². The van der Waals surface area contributed by atoms with Crippen molar-refractivity contribution < 1.29 is 0 Å². The third kappa shape index (κ3) is 2.26. The maximum atomic E-state index is 2.81.